The number of carbonyl (C=O) groups is 2. The summed E-state index contributed by atoms with van der Waals surface area (Å²) in [6.07, 6.45) is 1.75. The molecule has 2 aliphatic heterocycles. The summed E-state index contributed by atoms with van der Waals surface area (Å²) in [5, 5.41) is 6.54. The number of rotatable bonds is 4. The van der Waals surface area contributed by atoms with Gasteiger partial charge in [-0.3, -0.25) is 14.7 Å². The molecule has 1 aromatic heterocycles. The normalized spacial score (nSPS) is 22.7. The molecular weight excluding hydrogens is 348 g/mol. The van der Waals surface area contributed by atoms with Crippen molar-refractivity contribution < 1.29 is 19.1 Å². The number of carbonyl (C=O) groups excluding carboxylic acids is 2. The average Bonchev–Trinajstić information content (AvgIpc) is 3.39. The molecule has 27 heavy (non-hydrogen) atoms. The summed E-state index contributed by atoms with van der Waals surface area (Å²) >= 11 is 0. The number of para-hydroxylation sites is 1. The molecule has 2 saturated heterocycles. The van der Waals surface area contributed by atoms with Crippen LogP contribution in [0.15, 0.2) is 42.6 Å². The summed E-state index contributed by atoms with van der Waals surface area (Å²) < 4.78 is 11.4. The van der Waals surface area contributed by atoms with Gasteiger partial charge in [0.1, 0.15) is 23.6 Å². The Morgan fingerprint density at radius 3 is 2.63 bits per heavy atom. The topological polar surface area (TPSA) is 87.8 Å². The van der Waals surface area contributed by atoms with Crippen LogP contribution in [0.1, 0.15) is 16.9 Å². The summed E-state index contributed by atoms with van der Waals surface area (Å²) in [5.74, 6) is 0.444. The van der Waals surface area contributed by atoms with E-state index in [1.807, 2.05) is 30.3 Å². The maximum atomic E-state index is 13.1. The zero-order valence-electron chi connectivity index (χ0n) is 14.9. The summed E-state index contributed by atoms with van der Waals surface area (Å²) in [6, 6.07) is 10.5. The van der Waals surface area contributed by atoms with Gasteiger partial charge in [-0.05, 0) is 18.2 Å². The first-order valence-corrected chi connectivity index (χ1v) is 9.11. The minimum absolute atomic E-state index is 0.0506. The maximum absolute atomic E-state index is 13.1. The quantitative estimate of drug-likeness (QED) is 0.865. The van der Waals surface area contributed by atoms with Gasteiger partial charge in [0.25, 0.3) is 5.91 Å². The van der Waals surface area contributed by atoms with Crippen LogP contribution in [0.2, 0.25) is 0 Å². The third-order valence-electron chi connectivity index (χ3n) is 4.91. The van der Waals surface area contributed by atoms with Gasteiger partial charge < -0.3 is 19.3 Å². The molecule has 0 spiro atoms. The van der Waals surface area contributed by atoms with Crippen molar-refractivity contribution in [2.45, 2.75) is 18.6 Å². The van der Waals surface area contributed by atoms with Crippen molar-refractivity contribution in [3.05, 3.63) is 48.3 Å². The van der Waals surface area contributed by atoms with E-state index in [1.54, 1.807) is 15.9 Å². The van der Waals surface area contributed by atoms with E-state index in [1.165, 1.54) is 6.20 Å². The molecule has 8 heteroatoms. The number of likely N-dealkylation sites (tertiary alicyclic amines) is 1. The molecule has 2 atom stereocenters. The smallest absolute Gasteiger partial charge is 0.272 e. The Hall–Kier alpha value is -2.87. The number of benzene rings is 1. The van der Waals surface area contributed by atoms with Crippen LogP contribution in [-0.4, -0.2) is 76.8 Å². The molecule has 8 nitrogen and oxygen atoms in total. The number of ether oxygens (including phenoxy) is 2. The van der Waals surface area contributed by atoms with Gasteiger partial charge in [0.2, 0.25) is 5.91 Å². The highest BCUT2D eigenvalue weighted by Crippen LogP contribution is 2.26. The number of aromatic amines is 1. The Morgan fingerprint density at radius 1 is 1.15 bits per heavy atom. The molecule has 2 amide bonds. The highest BCUT2D eigenvalue weighted by molar-refractivity contribution is 5.96. The van der Waals surface area contributed by atoms with E-state index in [2.05, 4.69) is 10.2 Å². The first-order chi connectivity index (χ1) is 13.2. The van der Waals surface area contributed by atoms with E-state index < -0.39 is 6.04 Å². The van der Waals surface area contributed by atoms with Crippen molar-refractivity contribution in [2.75, 3.05) is 32.8 Å². The van der Waals surface area contributed by atoms with Crippen molar-refractivity contribution in [1.29, 1.82) is 0 Å². The van der Waals surface area contributed by atoms with Crippen LogP contribution >= 0.6 is 0 Å². The zero-order valence-corrected chi connectivity index (χ0v) is 14.9. The second-order valence-electron chi connectivity index (χ2n) is 6.67. The largest absolute Gasteiger partial charge is 0.488 e. The van der Waals surface area contributed by atoms with Gasteiger partial charge in [-0.2, -0.15) is 5.10 Å². The van der Waals surface area contributed by atoms with Crippen LogP contribution < -0.4 is 4.74 Å². The number of aromatic nitrogens is 2. The van der Waals surface area contributed by atoms with Gasteiger partial charge in [-0.1, -0.05) is 18.2 Å². The molecule has 3 heterocycles. The second-order valence-corrected chi connectivity index (χ2v) is 6.67. The number of H-pyrrole nitrogens is 1. The summed E-state index contributed by atoms with van der Waals surface area (Å²) in [4.78, 5) is 29.4. The fourth-order valence-corrected chi connectivity index (χ4v) is 3.56. The highest BCUT2D eigenvalue weighted by Gasteiger charge is 2.43. The molecule has 0 bridgehead atoms. The standard InChI is InChI=1S/C19H22N4O4/c24-18(16-6-7-20-21-16)23-13-15(27-14-4-2-1-3-5-14)12-17(23)19(25)22-8-10-26-11-9-22/h1-7,15,17H,8-13H2,(H,20,21)/t15-,17-/m0/s1. The third-order valence-corrected chi connectivity index (χ3v) is 4.91. The Labute approximate surface area is 157 Å². The summed E-state index contributed by atoms with van der Waals surface area (Å²) in [6.45, 7) is 2.50. The average molecular weight is 370 g/mol. The van der Waals surface area contributed by atoms with Crippen LogP contribution in [0, 0.1) is 0 Å². The number of amides is 2. The number of nitrogens with one attached hydrogen (secondary N) is 1. The molecule has 2 aromatic rings. The van der Waals surface area contributed by atoms with Gasteiger partial charge >= 0.3 is 0 Å². The number of nitrogens with zero attached hydrogens (tertiary/aromatic N) is 3. The second kappa shape index (κ2) is 7.79. The van der Waals surface area contributed by atoms with Crippen molar-refractivity contribution in [3.8, 4) is 5.75 Å². The Balaban J connectivity index is 1.53. The van der Waals surface area contributed by atoms with E-state index >= 15 is 0 Å². The lowest BCUT2D eigenvalue weighted by molar-refractivity contribution is -0.139. The molecular formula is C19H22N4O4. The first-order valence-electron chi connectivity index (χ1n) is 9.11. The maximum Gasteiger partial charge on any atom is 0.272 e. The Kier molecular flexibility index (Phi) is 5.06. The molecule has 2 aliphatic rings. The lowest BCUT2D eigenvalue weighted by Crippen LogP contribution is -2.51. The number of morpholine rings is 1. The van der Waals surface area contributed by atoms with E-state index in [4.69, 9.17) is 9.47 Å². The van der Waals surface area contributed by atoms with Gasteiger partial charge in [-0.25, -0.2) is 0 Å². The minimum atomic E-state index is -0.549. The number of hydrogen-bond acceptors (Lipinski definition) is 5. The fraction of sp³-hybridized carbons (Fsp3) is 0.421. The molecule has 142 valence electrons. The SMILES string of the molecule is O=C([C@@H]1C[C@H](Oc2ccccc2)CN1C(=O)c1ccn[nH]1)N1CCOCC1. The van der Waals surface area contributed by atoms with Crippen LogP contribution in [0.5, 0.6) is 5.75 Å². The Morgan fingerprint density at radius 2 is 1.93 bits per heavy atom. The van der Waals surface area contributed by atoms with Crippen molar-refractivity contribution in [2.24, 2.45) is 0 Å². The molecule has 4 rings (SSSR count). The third kappa shape index (κ3) is 3.80. The van der Waals surface area contributed by atoms with Crippen molar-refractivity contribution in [1.82, 2.24) is 20.0 Å². The van der Waals surface area contributed by atoms with Crippen LogP contribution in [0.3, 0.4) is 0 Å². The van der Waals surface area contributed by atoms with Gasteiger partial charge in [0, 0.05) is 25.7 Å². The van der Waals surface area contributed by atoms with Crippen LogP contribution in [-0.2, 0) is 9.53 Å². The zero-order chi connectivity index (χ0) is 18.6. The van der Waals surface area contributed by atoms with Crippen LogP contribution in [0.4, 0.5) is 0 Å². The molecule has 0 aliphatic carbocycles. The first kappa shape index (κ1) is 17.5. The highest BCUT2D eigenvalue weighted by atomic mass is 16.5. The number of hydrogen-bond donors (Lipinski definition) is 1. The van der Waals surface area contributed by atoms with E-state index in [0.717, 1.165) is 5.75 Å². The van der Waals surface area contributed by atoms with Crippen molar-refractivity contribution in [3.63, 3.8) is 0 Å². The predicted octanol–water partition coefficient (Wildman–Crippen LogP) is 0.931. The minimum Gasteiger partial charge on any atom is -0.488 e. The molecule has 0 radical (unpaired) electrons. The van der Waals surface area contributed by atoms with E-state index in [9.17, 15) is 9.59 Å². The van der Waals surface area contributed by atoms with Gasteiger partial charge in [0.05, 0.1) is 19.8 Å². The molecule has 1 N–H and O–H groups in total. The van der Waals surface area contributed by atoms with Gasteiger partial charge in [0.15, 0.2) is 0 Å². The lowest BCUT2D eigenvalue weighted by atomic mass is 10.1. The molecule has 0 saturated carbocycles. The van der Waals surface area contributed by atoms with E-state index in [0.29, 0.717) is 45.0 Å². The monoisotopic (exact) mass is 370 g/mol. The van der Waals surface area contributed by atoms with E-state index in [-0.39, 0.29) is 17.9 Å². The lowest BCUT2D eigenvalue weighted by Gasteiger charge is -2.32. The molecule has 1 aromatic carbocycles. The summed E-state index contributed by atoms with van der Waals surface area (Å²) in [7, 11) is 0. The fourth-order valence-electron chi connectivity index (χ4n) is 3.56. The van der Waals surface area contributed by atoms with Crippen molar-refractivity contribution >= 4 is 11.8 Å². The summed E-state index contributed by atoms with van der Waals surface area (Å²) in [5.41, 5.74) is 0.370. The predicted molar refractivity (Wildman–Crippen MR) is 96.3 cm³/mol. The Bertz CT molecular complexity index is 774. The molecule has 2 fully saturated rings. The van der Waals surface area contributed by atoms with Gasteiger partial charge in [-0.15, -0.1) is 0 Å². The van der Waals surface area contributed by atoms with Crippen LogP contribution in [0.25, 0.3) is 0 Å². The molecule has 0 unspecified atom stereocenters.